The minimum absolute atomic E-state index is 0.698. The largest absolute Gasteiger partial charge is 0.309 e. The number of carbonyl (C=O) groups excluding carboxylic acids is 1. The molecule has 70 valence electrons. The Morgan fingerprint density at radius 1 is 1.54 bits per heavy atom. The Balaban J connectivity index is 2.69. The monoisotopic (exact) mass is 178 g/mol. The van der Waals surface area contributed by atoms with E-state index in [4.69, 9.17) is 0 Å². The average Bonchev–Trinajstić information content (AvgIpc) is 2.15. The molecule has 3 heteroatoms. The summed E-state index contributed by atoms with van der Waals surface area (Å²) < 4.78 is 0. The predicted octanol–water partition coefficient (Wildman–Crippen LogP) is 0.998. The molecule has 0 fully saturated rings. The van der Waals surface area contributed by atoms with Crippen LogP contribution < -0.4 is 0 Å². The molecule has 3 nitrogen and oxygen atoms in total. The number of aldehydes is 1. The van der Waals surface area contributed by atoms with Crippen molar-refractivity contribution in [3.8, 4) is 0 Å². The quantitative estimate of drug-likeness (QED) is 0.645. The van der Waals surface area contributed by atoms with Crippen LogP contribution in [0.5, 0.6) is 0 Å². The van der Waals surface area contributed by atoms with Crippen LogP contribution in [-0.4, -0.2) is 36.8 Å². The Labute approximate surface area is 78.4 Å². The van der Waals surface area contributed by atoms with Crippen LogP contribution in [0.3, 0.4) is 0 Å². The van der Waals surface area contributed by atoms with Crippen LogP contribution in [-0.2, 0) is 6.42 Å². The van der Waals surface area contributed by atoms with Crippen molar-refractivity contribution >= 4 is 6.29 Å². The second-order valence-electron chi connectivity index (χ2n) is 3.25. The van der Waals surface area contributed by atoms with Crippen LogP contribution in [0.4, 0.5) is 0 Å². The zero-order chi connectivity index (χ0) is 9.68. The van der Waals surface area contributed by atoms with Crippen LogP contribution in [0.25, 0.3) is 0 Å². The van der Waals surface area contributed by atoms with E-state index >= 15 is 0 Å². The molecule has 0 aliphatic carbocycles. The van der Waals surface area contributed by atoms with E-state index in [-0.39, 0.29) is 0 Å². The average molecular weight is 178 g/mol. The first kappa shape index (κ1) is 9.86. The Bertz CT molecular complexity index is 284. The number of pyridine rings is 1. The van der Waals surface area contributed by atoms with E-state index in [0.29, 0.717) is 5.56 Å². The molecule has 0 atom stereocenters. The van der Waals surface area contributed by atoms with Gasteiger partial charge in [-0.25, -0.2) is 0 Å². The van der Waals surface area contributed by atoms with Gasteiger partial charge < -0.3 is 4.90 Å². The molecule has 0 amide bonds. The highest BCUT2D eigenvalue weighted by Gasteiger charge is 2.00. The van der Waals surface area contributed by atoms with Crippen molar-refractivity contribution in [1.29, 1.82) is 0 Å². The molecule has 0 saturated heterocycles. The highest BCUT2D eigenvalue weighted by atomic mass is 16.1. The minimum Gasteiger partial charge on any atom is -0.309 e. The standard InChI is InChI=1S/C10H14N2O/c1-12(2)6-4-9-3-5-11-7-10(9)8-13/h3,5,7-8H,4,6H2,1-2H3. The van der Waals surface area contributed by atoms with E-state index in [0.717, 1.165) is 24.8 Å². The molecule has 0 aromatic carbocycles. The Kier molecular flexibility index (Phi) is 3.58. The van der Waals surface area contributed by atoms with Crippen LogP contribution in [0.1, 0.15) is 15.9 Å². The molecule has 0 N–H and O–H groups in total. The fraction of sp³-hybridized carbons (Fsp3) is 0.400. The number of nitrogens with zero attached hydrogens (tertiary/aromatic N) is 2. The maximum Gasteiger partial charge on any atom is 0.151 e. The molecular weight excluding hydrogens is 164 g/mol. The van der Waals surface area contributed by atoms with Gasteiger partial charge in [0.05, 0.1) is 0 Å². The van der Waals surface area contributed by atoms with Gasteiger partial charge in [-0.15, -0.1) is 0 Å². The fourth-order valence-electron chi connectivity index (χ4n) is 1.11. The minimum atomic E-state index is 0.698. The number of likely N-dealkylation sites (N-methyl/N-ethyl adjacent to an activating group) is 1. The zero-order valence-corrected chi connectivity index (χ0v) is 8.03. The van der Waals surface area contributed by atoms with Crippen LogP contribution in [0.15, 0.2) is 18.5 Å². The molecular formula is C10H14N2O. The summed E-state index contributed by atoms with van der Waals surface area (Å²) >= 11 is 0. The molecule has 0 bridgehead atoms. The molecule has 1 rings (SSSR count). The summed E-state index contributed by atoms with van der Waals surface area (Å²) in [7, 11) is 4.03. The van der Waals surface area contributed by atoms with Gasteiger partial charge in [0, 0.05) is 24.5 Å². The molecule has 0 unspecified atom stereocenters. The second kappa shape index (κ2) is 4.72. The summed E-state index contributed by atoms with van der Waals surface area (Å²) in [5, 5.41) is 0. The van der Waals surface area contributed by atoms with Gasteiger partial charge in [0.1, 0.15) is 0 Å². The number of carbonyl (C=O) groups is 1. The van der Waals surface area contributed by atoms with Gasteiger partial charge in [-0.2, -0.15) is 0 Å². The highest BCUT2D eigenvalue weighted by Crippen LogP contribution is 2.05. The number of aromatic nitrogens is 1. The first-order valence-electron chi connectivity index (χ1n) is 4.27. The summed E-state index contributed by atoms with van der Waals surface area (Å²) in [5.74, 6) is 0. The van der Waals surface area contributed by atoms with Crippen molar-refractivity contribution in [2.75, 3.05) is 20.6 Å². The topological polar surface area (TPSA) is 33.2 Å². The number of hydrogen-bond acceptors (Lipinski definition) is 3. The lowest BCUT2D eigenvalue weighted by atomic mass is 10.1. The molecule has 13 heavy (non-hydrogen) atoms. The van der Waals surface area contributed by atoms with Crippen molar-refractivity contribution in [1.82, 2.24) is 9.88 Å². The van der Waals surface area contributed by atoms with E-state index in [1.165, 1.54) is 0 Å². The smallest absolute Gasteiger partial charge is 0.151 e. The summed E-state index contributed by atoms with van der Waals surface area (Å²) in [4.78, 5) is 16.6. The zero-order valence-electron chi connectivity index (χ0n) is 8.03. The lowest BCUT2D eigenvalue weighted by Crippen LogP contribution is -2.15. The first-order valence-corrected chi connectivity index (χ1v) is 4.27. The predicted molar refractivity (Wildman–Crippen MR) is 51.9 cm³/mol. The van der Waals surface area contributed by atoms with Crippen LogP contribution in [0, 0.1) is 0 Å². The maximum atomic E-state index is 10.6. The molecule has 1 aromatic heterocycles. The van der Waals surface area contributed by atoms with E-state index in [1.807, 2.05) is 20.2 Å². The molecule has 0 aliphatic heterocycles. The Hall–Kier alpha value is -1.22. The van der Waals surface area contributed by atoms with Crippen molar-refractivity contribution in [2.45, 2.75) is 6.42 Å². The Morgan fingerprint density at radius 3 is 2.92 bits per heavy atom. The fourth-order valence-corrected chi connectivity index (χ4v) is 1.11. The molecule has 0 radical (unpaired) electrons. The van der Waals surface area contributed by atoms with Crippen molar-refractivity contribution in [2.24, 2.45) is 0 Å². The SMILES string of the molecule is CN(C)CCc1ccncc1C=O. The maximum absolute atomic E-state index is 10.6. The van der Waals surface area contributed by atoms with E-state index in [2.05, 4.69) is 9.88 Å². The third-order valence-corrected chi connectivity index (χ3v) is 1.90. The molecule has 1 aromatic rings. The van der Waals surface area contributed by atoms with Gasteiger partial charge in [0.25, 0.3) is 0 Å². The lowest BCUT2D eigenvalue weighted by Gasteiger charge is -2.09. The summed E-state index contributed by atoms with van der Waals surface area (Å²) in [6.07, 6.45) is 5.08. The molecule has 0 aliphatic rings. The van der Waals surface area contributed by atoms with Crippen LogP contribution in [0.2, 0.25) is 0 Å². The number of hydrogen-bond donors (Lipinski definition) is 0. The van der Waals surface area contributed by atoms with E-state index in [1.54, 1.807) is 12.4 Å². The first-order chi connectivity index (χ1) is 6.24. The Morgan fingerprint density at radius 2 is 2.31 bits per heavy atom. The summed E-state index contributed by atoms with van der Waals surface area (Å²) in [6, 6.07) is 1.90. The van der Waals surface area contributed by atoms with Gasteiger partial charge in [0.2, 0.25) is 0 Å². The molecule has 0 saturated carbocycles. The number of rotatable bonds is 4. The molecule has 0 spiro atoms. The summed E-state index contributed by atoms with van der Waals surface area (Å²) in [6.45, 7) is 0.949. The van der Waals surface area contributed by atoms with Gasteiger partial charge in [0.15, 0.2) is 6.29 Å². The van der Waals surface area contributed by atoms with Gasteiger partial charge in [-0.3, -0.25) is 9.78 Å². The van der Waals surface area contributed by atoms with Gasteiger partial charge in [-0.05, 0) is 32.1 Å². The third-order valence-electron chi connectivity index (χ3n) is 1.90. The van der Waals surface area contributed by atoms with Crippen molar-refractivity contribution < 1.29 is 4.79 Å². The lowest BCUT2D eigenvalue weighted by molar-refractivity contribution is 0.112. The van der Waals surface area contributed by atoms with E-state index in [9.17, 15) is 4.79 Å². The van der Waals surface area contributed by atoms with Gasteiger partial charge in [-0.1, -0.05) is 0 Å². The third kappa shape index (κ3) is 2.95. The normalized spacial score (nSPS) is 10.4. The van der Waals surface area contributed by atoms with E-state index < -0.39 is 0 Å². The summed E-state index contributed by atoms with van der Waals surface area (Å²) in [5.41, 5.74) is 1.77. The molecule has 1 heterocycles. The van der Waals surface area contributed by atoms with Gasteiger partial charge >= 0.3 is 0 Å². The van der Waals surface area contributed by atoms with Crippen LogP contribution >= 0.6 is 0 Å². The van der Waals surface area contributed by atoms with Crippen molar-refractivity contribution in [3.05, 3.63) is 29.6 Å². The second-order valence-corrected chi connectivity index (χ2v) is 3.25. The van der Waals surface area contributed by atoms with Crippen molar-refractivity contribution in [3.63, 3.8) is 0 Å². The highest BCUT2D eigenvalue weighted by molar-refractivity contribution is 5.76.